The molecule has 1 saturated heterocycles. The smallest absolute Gasteiger partial charge is 0.310 e. The molecule has 1 aliphatic rings. The number of ether oxygens (including phenoxy) is 1. The maximum Gasteiger partial charge on any atom is 0.310 e. The number of nitrogens with one attached hydrogen (secondary N) is 1. The van der Waals surface area contributed by atoms with E-state index < -0.39 is 0 Å². The number of nitrogen functional groups attached to an aromatic ring is 1. The van der Waals surface area contributed by atoms with Gasteiger partial charge in [-0.1, -0.05) is 51.4 Å². The molecule has 7 nitrogen and oxygen atoms in total. The number of rotatable bonds is 15. The van der Waals surface area contributed by atoms with Gasteiger partial charge in [0.05, 0.1) is 18.6 Å². The van der Waals surface area contributed by atoms with E-state index in [9.17, 15) is 9.59 Å². The van der Waals surface area contributed by atoms with Gasteiger partial charge < -0.3 is 20.7 Å². The minimum absolute atomic E-state index is 0.0535. The lowest BCUT2D eigenvalue weighted by Gasteiger charge is -2.15. The van der Waals surface area contributed by atoms with Gasteiger partial charge in [0.1, 0.15) is 5.82 Å². The van der Waals surface area contributed by atoms with Gasteiger partial charge in [-0.05, 0) is 44.5 Å². The number of hydrogen-bond donors (Lipinski definition) is 2. The van der Waals surface area contributed by atoms with Gasteiger partial charge in [-0.15, -0.1) is 0 Å². The lowest BCUT2D eigenvalue weighted by atomic mass is 10.1. The van der Waals surface area contributed by atoms with Crippen LogP contribution in [0.4, 0.5) is 5.82 Å². The van der Waals surface area contributed by atoms with Crippen molar-refractivity contribution in [3.05, 3.63) is 23.9 Å². The van der Waals surface area contributed by atoms with Gasteiger partial charge in [-0.25, -0.2) is 4.98 Å². The van der Waals surface area contributed by atoms with Crippen LogP contribution in [-0.2, 0) is 9.53 Å². The third-order valence-electron chi connectivity index (χ3n) is 6.08. The molecule has 174 valence electrons. The molecule has 2 rings (SSSR count). The second kappa shape index (κ2) is 14.8. The molecule has 31 heavy (non-hydrogen) atoms. The number of likely N-dealkylation sites (tertiary alicyclic amines) is 1. The van der Waals surface area contributed by atoms with Gasteiger partial charge in [0.15, 0.2) is 0 Å². The number of nitrogens with two attached hydrogens (primary N) is 1. The first-order valence-electron chi connectivity index (χ1n) is 11.9. The van der Waals surface area contributed by atoms with Crippen LogP contribution in [0.1, 0.15) is 81.0 Å². The molecule has 0 aliphatic carbocycles. The van der Waals surface area contributed by atoms with Crippen LogP contribution in [0.2, 0.25) is 0 Å². The zero-order chi connectivity index (χ0) is 22.3. The summed E-state index contributed by atoms with van der Waals surface area (Å²) in [6.45, 7) is 3.69. The molecule has 1 amide bonds. The number of anilines is 1. The molecule has 1 aromatic heterocycles. The Kier molecular flexibility index (Phi) is 12.0. The van der Waals surface area contributed by atoms with Crippen LogP contribution < -0.4 is 11.1 Å². The fourth-order valence-electron chi connectivity index (χ4n) is 4.18. The zero-order valence-corrected chi connectivity index (χ0v) is 19.1. The minimum atomic E-state index is -0.140. The van der Waals surface area contributed by atoms with E-state index in [1.165, 1.54) is 58.5 Å². The minimum Gasteiger partial charge on any atom is -0.469 e. The number of carbonyl (C=O) groups excluding carboxylic acids is 2. The van der Waals surface area contributed by atoms with Crippen molar-refractivity contribution in [3.8, 4) is 0 Å². The van der Waals surface area contributed by atoms with Crippen LogP contribution in [0.15, 0.2) is 18.3 Å². The molecule has 1 fully saturated rings. The quantitative estimate of drug-likeness (QED) is 0.323. The van der Waals surface area contributed by atoms with Gasteiger partial charge in [-0.2, -0.15) is 0 Å². The van der Waals surface area contributed by atoms with E-state index >= 15 is 0 Å². The number of amides is 1. The highest BCUT2D eigenvalue weighted by Crippen LogP contribution is 2.18. The summed E-state index contributed by atoms with van der Waals surface area (Å²) >= 11 is 0. The highest BCUT2D eigenvalue weighted by Gasteiger charge is 2.28. The maximum atomic E-state index is 12.0. The number of aromatic nitrogens is 1. The van der Waals surface area contributed by atoms with Crippen molar-refractivity contribution in [3.63, 3.8) is 0 Å². The number of esters is 1. The molecule has 1 unspecified atom stereocenters. The number of nitrogens with zero attached hydrogens (tertiary/aromatic N) is 2. The van der Waals surface area contributed by atoms with Crippen LogP contribution in [0, 0.1) is 5.92 Å². The summed E-state index contributed by atoms with van der Waals surface area (Å²) in [5, 5.41) is 2.92. The van der Waals surface area contributed by atoms with Crippen LogP contribution in [0.5, 0.6) is 0 Å². The number of pyridine rings is 1. The second-order valence-electron chi connectivity index (χ2n) is 8.54. The van der Waals surface area contributed by atoms with Gasteiger partial charge in [-0.3, -0.25) is 9.59 Å². The first-order valence-corrected chi connectivity index (χ1v) is 11.9. The Morgan fingerprint density at radius 2 is 1.74 bits per heavy atom. The fourth-order valence-corrected chi connectivity index (χ4v) is 4.18. The number of methoxy groups -OCH3 is 1. The normalized spacial score (nSPS) is 16.4. The molecule has 0 aromatic carbocycles. The predicted molar refractivity (Wildman–Crippen MR) is 124 cm³/mol. The molecule has 2 heterocycles. The van der Waals surface area contributed by atoms with Crippen LogP contribution in [-0.4, -0.2) is 55.0 Å². The van der Waals surface area contributed by atoms with Crippen LogP contribution in [0.25, 0.3) is 0 Å². The molecule has 3 N–H and O–H groups in total. The van der Waals surface area contributed by atoms with Crippen molar-refractivity contribution in [2.45, 2.75) is 70.6 Å². The Bertz CT molecular complexity index is 668. The number of carbonyl (C=O) groups is 2. The molecule has 1 aliphatic heterocycles. The first-order chi connectivity index (χ1) is 15.1. The third kappa shape index (κ3) is 9.68. The first kappa shape index (κ1) is 25.1. The molecule has 0 saturated carbocycles. The van der Waals surface area contributed by atoms with Gasteiger partial charge in [0.25, 0.3) is 5.91 Å². The maximum absolute atomic E-state index is 12.0. The molecular formula is C24H40N4O3. The highest BCUT2D eigenvalue weighted by atomic mass is 16.5. The zero-order valence-electron chi connectivity index (χ0n) is 19.1. The predicted octanol–water partition coefficient (Wildman–Crippen LogP) is 3.79. The van der Waals surface area contributed by atoms with E-state index in [0.29, 0.717) is 12.1 Å². The van der Waals surface area contributed by atoms with E-state index in [1.54, 1.807) is 18.3 Å². The average Bonchev–Trinajstić information content (AvgIpc) is 3.25. The SMILES string of the molecule is COC(=O)C1CCN(CCCCCCCCCCCCNC(=O)c2cccnc2N)C1. The lowest BCUT2D eigenvalue weighted by molar-refractivity contribution is -0.144. The molecular weight excluding hydrogens is 392 g/mol. The largest absolute Gasteiger partial charge is 0.469 e. The summed E-state index contributed by atoms with van der Waals surface area (Å²) < 4.78 is 4.84. The van der Waals surface area contributed by atoms with Crippen LogP contribution in [0.3, 0.4) is 0 Å². The molecule has 0 bridgehead atoms. The summed E-state index contributed by atoms with van der Waals surface area (Å²) in [7, 11) is 1.48. The Morgan fingerprint density at radius 1 is 1.10 bits per heavy atom. The summed E-state index contributed by atoms with van der Waals surface area (Å²) in [5.41, 5.74) is 6.17. The van der Waals surface area contributed by atoms with Gasteiger partial charge in [0.2, 0.25) is 0 Å². The van der Waals surface area contributed by atoms with Gasteiger partial charge in [0, 0.05) is 19.3 Å². The molecule has 1 aromatic rings. The number of unbranched alkanes of at least 4 members (excludes halogenated alkanes) is 9. The van der Waals surface area contributed by atoms with Crippen molar-refractivity contribution in [1.29, 1.82) is 0 Å². The Morgan fingerprint density at radius 3 is 2.39 bits per heavy atom. The van der Waals surface area contributed by atoms with E-state index in [-0.39, 0.29) is 23.6 Å². The molecule has 1 atom stereocenters. The van der Waals surface area contributed by atoms with Crippen molar-refractivity contribution in [2.24, 2.45) is 5.92 Å². The fraction of sp³-hybridized carbons (Fsp3) is 0.708. The average molecular weight is 433 g/mol. The summed E-state index contributed by atoms with van der Waals surface area (Å²) in [6, 6.07) is 3.42. The Labute approximate surface area is 187 Å². The summed E-state index contributed by atoms with van der Waals surface area (Å²) in [5.74, 6) is 0.172. The highest BCUT2D eigenvalue weighted by molar-refractivity contribution is 5.98. The van der Waals surface area contributed by atoms with Crippen molar-refractivity contribution in [1.82, 2.24) is 15.2 Å². The third-order valence-corrected chi connectivity index (χ3v) is 6.08. The lowest BCUT2D eigenvalue weighted by Crippen LogP contribution is -2.25. The van der Waals surface area contributed by atoms with E-state index in [2.05, 4.69) is 15.2 Å². The van der Waals surface area contributed by atoms with E-state index in [4.69, 9.17) is 10.5 Å². The van der Waals surface area contributed by atoms with E-state index in [1.807, 2.05) is 0 Å². The molecule has 0 radical (unpaired) electrons. The van der Waals surface area contributed by atoms with Gasteiger partial charge >= 0.3 is 5.97 Å². The number of hydrogen-bond acceptors (Lipinski definition) is 6. The second-order valence-corrected chi connectivity index (χ2v) is 8.54. The molecule has 7 heteroatoms. The summed E-state index contributed by atoms with van der Waals surface area (Å²) in [6.07, 6.45) is 14.9. The monoisotopic (exact) mass is 432 g/mol. The molecule has 0 spiro atoms. The van der Waals surface area contributed by atoms with Crippen molar-refractivity contribution in [2.75, 3.05) is 39.0 Å². The summed E-state index contributed by atoms with van der Waals surface area (Å²) in [4.78, 5) is 29.9. The van der Waals surface area contributed by atoms with Crippen LogP contribution >= 0.6 is 0 Å². The van der Waals surface area contributed by atoms with Crippen molar-refractivity contribution >= 4 is 17.7 Å². The Hall–Kier alpha value is -2.15. The Balaban J connectivity index is 1.34. The standard InChI is InChI=1S/C24H40N4O3/c1-31-24(30)20-14-18-28(19-20)17-11-9-7-5-3-2-4-6-8-10-15-27-23(29)21-13-12-16-26-22(21)25/h12-13,16,20H,2-11,14-15,17-19H2,1H3,(H2,25,26)(H,27,29). The topological polar surface area (TPSA) is 97.5 Å². The van der Waals surface area contributed by atoms with Crippen molar-refractivity contribution < 1.29 is 14.3 Å². The van der Waals surface area contributed by atoms with E-state index in [0.717, 1.165) is 38.9 Å².